The summed E-state index contributed by atoms with van der Waals surface area (Å²) in [7, 11) is 0. The molecule has 6 heteroatoms. The fourth-order valence-corrected chi connectivity index (χ4v) is 4.37. The predicted molar refractivity (Wildman–Crippen MR) is 88.4 cm³/mol. The van der Waals surface area contributed by atoms with Gasteiger partial charge in [-0.3, -0.25) is 4.98 Å². The van der Waals surface area contributed by atoms with Crippen LogP contribution in [-0.4, -0.2) is 19.7 Å². The van der Waals surface area contributed by atoms with Gasteiger partial charge in [-0.05, 0) is 43.4 Å². The number of nitrogens with zero attached hydrogens (tertiary/aromatic N) is 5. The highest BCUT2D eigenvalue weighted by Gasteiger charge is 2.23. The molecule has 0 atom stereocenters. The van der Waals surface area contributed by atoms with Gasteiger partial charge in [0.15, 0.2) is 5.82 Å². The van der Waals surface area contributed by atoms with Crippen molar-refractivity contribution in [3.63, 3.8) is 0 Å². The Labute approximate surface area is 138 Å². The Morgan fingerprint density at radius 3 is 2.96 bits per heavy atom. The van der Waals surface area contributed by atoms with E-state index >= 15 is 0 Å². The summed E-state index contributed by atoms with van der Waals surface area (Å²) in [6, 6.07) is 6.24. The number of pyridine rings is 1. The zero-order chi connectivity index (χ0) is 15.6. The van der Waals surface area contributed by atoms with Crippen molar-refractivity contribution in [1.29, 1.82) is 5.26 Å². The molecule has 0 spiro atoms. The van der Waals surface area contributed by atoms with Crippen molar-refractivity contribution in [2.45, 2.75) is 32.1 Å². The van der Waals surface area contributed by atoms with Crippen LogP contribution in [0.5, 0.6) is 0 Å². The number of nitriles is 1. The fraction of sp³-hybridized carbons (Fsp3) is 0.294. The summed E-state index contributed by atoms with van der Waals surface area (Å²) in [5.41, 5.74) is 2.89. The van der Waals surface area contributed by atoms with Crippen molar-refractivity contribution in [3.05, 3.63) is 46.9 Å². The average molecular weight is 321 g/mol. The molecule has 1 aliphatic carbocycles. The monoisotopic (exact) mass is 321 g/mol. The number of hydrogen-bond acceptors (Lipinski definition) is 5. The lowest BCUT2D eigenvalue weighted by molar-refractivity contribution is 0.712. The van der Waals surface area contributed by atoms with Crippen molar-refractivity contribution >= 4 is 11.3 Å². The number of thiophene rings is 1. The van der Waals surface area contributed by atoms with Crippen LogP contribution in [0.3, 0.4) is 0 Å². The molecule has 3 aromatic rings. The first-order chi connectivity index (χ1) is 11.4. The van der Waals surface area contributed by atoms with Crippen LogP contribution in [0, 0.1) is 11.3 Å². The number of hydrogen-bond donors (Lipinski definition) is 0. The Bertz CT molecular complexity index is 872. The molecule has 0 fully saturated rings. The molecule has 5 nitrogen and oxygen atoms in total. The number of aromatic nitrogens is 4. The second-order valence-electron chi connectivity index (χ2n) is 5.59. The highest BCUT2D eigenvalue weighted by atomic mass is 32.1. The zero-order valence-corrected chi connectivity index (χ0v) is 13.4. The molecule has 4 rings (SSSR count). The van der Waals surface area contributed by atoms with Gasteiger partial charge in [0.2, 0.25) is 0 Å². The van der Waals surface area contributed by atoms with Gasteiger partial charge in [0.25, 0.3) is 0 Å². The Balaban J connectivity index is 1.87. The van der Waals surface area contributed by atoms with Crippen LogP contribution in [0.1, 0.15) is 35.3 Å². The molecule has 23 heavy (non-hydrogen) atoms. The van der Waals surface area contributed by atoms with Crippen molar-refractivity contribution in [1.82, 2.24) is 19.7 Å². The molecular formula is C17H15N5S. The number of fused-ring (bicyclic) bond motifs is 1. The first-order valence-electron chi connectivity index (χ1n) is 7.74. The molecule has 0 aliphatic heterocycles. The van der Waals surface area contributed by atoms with Crippen LogP contribution in [-0.2, 0) is 12.8 Å². The van der Waals surface area contributed by atoms with E-state index in [4.69, 9.17) is 0 Å². The van der Waals surface area contributed by atoms with Gasteiger partial charge in [0, 0.05) is 22.8 Å². The van der Waals surface area contributed by atoms with E-state index in [0.717, 1.165) is 41.2 Å². The van der Waals surface area contributed by atoms with Gasteiger partial charge in [-0.2, -0.15) is 10.4 Å². The Morgan fingerprint density at radius 2 is 2.13 bits per heavy atom. The van der Waals surface area contributed by atoms with E-state index in [1.807, 2.05) is 12.1 Å². The molecule has 0 unspecified atom stereocenters. The second kappa shape index (κ2) is 5.94. The summed E-state index contributed by atoms with van der Waals surface area (Å²) in [6.07, 6.45) is 10.7. The van der Waals surface area contributed by atoms with E-state index in [-0.39, 0.29) is 0 Å². The molecular weight excluding hydrogens is 306 g/mol. The summed E-state index contributed by atoms with van der Waals surface area (Å²) in [4.78, 5) is 9.86. The first kappa shape index (κ1) is 14.1. The summed E-state index contributed by atoms with van der Waals surface area (Å²) in [5.74, 6) is 0.728. The van der Waals surface area contributed by atoms with Gasteiger partial charge >= 0.3 is 0 Å². The van der Waals surface area contributed by atoms with Gasteiger partial charge in [0.1, 0.15) is 17.4 Å². The van der Waals surface area contributed by atoms with Crippen LogP contribution >= 0.6 is 11.3 Å². The van der Waals surface area contributed by atoms with Crippen LogP contribution in [0.4, 0.5) is 0 Å². The van der Waals surface area contributed by atoms with Crippen LogP contribution in [0.2, 0.25) is 0 Å². The minimum absolute atomic E-state index is 0.728. The van der Waals surface area contributed by atoms with Gasteiger partial charge in [-0.25, -0.2) is 9.67 Å². The van der Waals surface area contributed by atoms with E-state index in [0.29, 0.717) is 0 Å². The van der Waals surface area contributed by atoms with Crippen molar-refractivity contribution in [3.8, 4) is 22.5 Å². The summed E-state index contributed by atoms with van der Waals surface area (Å²) in [5, 5.41) is 15.0. The maximum Gasteiger partial charge on any atom is 0.165 e. The van der Waals surface area contributed by atoms with Crippen molar-refractivity contribution < 1.29 is 0 Å². The lowest BCUT2D eigenvalue weighted by atomic mass is 10.1. The smallest absolute Gasteiger partial charge is 0.165 e. The van der Waals surface area contributed by atoms with Gasteiger partial charge in [-0.15, -0.1) is 11.3 Å². The third-order valence-corrected chi connectivity index (χ3v) is 5.44. The van der Waals surface area contributed by atoms with E-state index in [2.05, 4.69) is 21.1 Å². The van der Waals surface area contributed by atoms with E-state index < -0.39 is 0 Å². The maximum absolute atomic E-state index is 9.70. The van der Waals surface area contributed by atoms with Crippen molar-refractivity contribution in [2.75, 3.05) is 0 Å². The standard InChI is InChI=1S/C17H15N5S/c18-9-14-13-6-2-1-3-7-15(13)23-17(14)22-16(20-11-21-22)12-5-4-8-19-10-12/h4-5,8,10-11H,1-3,6-7H2. The second-order valence-corrected chi connectivity index (χ2v) is 6.68. The Morgan fingerprint density at radius 1 is 1.22 bits per heavy atom. The number of aryl methyl sites for hydroxylation is 1. The molecule has 3 heterocycles. The van der Waals surface area contributed by atoms with Gasteiger partial charge in [-0.1, -0.05) is 6.42 Å². The summed E-state index contributed by atoms with van der Waals surface area (Å²) in [6.45, 7) is 0. The average Bonchev–Trinajstić information content (AvgIpc) is 3.14. The van der Waals surface area contributed by atoms with E-state index in [1.54, 1.807) is 28.4 Å². The van der Waals surface area contributed by atoms with E-state index in [9.17, 15) is 5.26 Å². The minimum atomic E-state index is 0.728. The predicted octanol–water partition coefficient (Wildman–Crippen LogP) is 3.53. The molecule has 1 aliphatic rings. The fourth-order valence-electron chi connectivity index (χ4n) is 3.07. The molecule has 0 amide bonds. The third kappa shape index (κ3) is 2.43. The molecule has 3 aromatic heterocycles. The highest BCUT2D eigenvalue weighted by Crippen LogP contribution is 2.36. The van der Waals surface area contributed by atoms with Crippen LogP contribution in [0.15, 0.2) is 30.9 Å². The number of rotatable bonds is 2. The summed E-state index contributed by atoms with van der Waals surface area (Å²) < 4.78 is 1.79. The molecule has 0 saturated heterocycles. The summed E-state index contributed by atoms with van der Waals surface area (Å²) >= 11 is 1.68. The molecule has 0 saturated carbocycles. The largest absolute Gasteiger partial charge is 0.264 e. The lowest BCUT2D eigenvalue weighted by Crippen LogP contribution is -2.00. The van der Waals surface area contributed by atoms with Crippen molar-refractivity contribution in [2.24, 2.45) is 0 Å². The molecule has 0 N–H and O–H groups in total. The SMILES string of the molecule is N#Cc1c(-n2ncnc2-c2cccnc2)sc2c1CCCCC2. The normalized spacial score (nSPS) is 14.0. The molecule has 0 radical (unpaired) electrons. The quantitative estimate of drug-likeness (QED) is 0.677. The van der Waals surface area contributed by atoms with Crippen LogP contribution in [0.25, 0.3) is 16.4 Å². The van der Waals surface area contributed by atoms with E-state index in [1.165, 1.54) is 29.6 Å². The molecule has 0 aromatic carbocycles. The minimum Gasteiger partial charge on any atom is -0.264 e. The molecule has 114 valence electrons. The van der Waals surface area contributed by atoms with Crippen LogP contribution < -0.4 is 0 Å². The molecule has 0 bridgehead atoms. The lowest BCUT2D eigenvalue weighted by Gasteiger charge is -2.04. The Hall–Kier alpha value is -2.52. The first-order valence-corrected chi connectivity index (χ1v) is 8.55. The topological polar surface area (TPSA) is 67.4 Å². The third-order valence-electron chi connectivity index (χ3n) is 4.17. The van der Waals surface area contributed by atoms with Gasteiger partial charge < -0.3 is 0 Å². The Kier molecular flexibility index (Phi) is 3.64. The van der Waals surface area contributed by atoms with Gasteiger partial charge in [0.05, 0.1) is 5.56 Å². The maximum atomic E-state index is 9.70. The highest BCUT2D eigenvalue weighted by molar-refractivity contribution is 7.15. The zero-order valence-electron chi connectivity index (χ0n) is 12.6.